The standard InChI is InChI=1S/C22H31N3O5/c1-6-10-22(11-7-2)20(28)25(21(29)24-22)13-18(26)30-16(5)19(27)23-17-12-14(3)8-9-15(17)4/h8-9,12,16H,6-7,10-11,13H2,1-5H3,(H,23,27)(H,24,29)/t16-/m0/s1. The number of carbonyl (C=O) groups excluding carboxylic acids is 4. The molecular formula is C22H31N3O5. The molecule has 2 N–H and O–H groups in total. The minimum absolute atomic E-state index is 0.416. The molecule has 0 aliphatic carbocycles. The van der Waals surface area contributed by atoms with E-state index in [9.17, 15) is 19.2 Å². The van der Waals surface area contributed by atoms with Crippen LogP contribution in [-0.2, 0) is 19.1 Å². The van der Waals surface area contributed by atoms with Gasteiger partial charge in [-0.2, -0.15) is 0 Å². The lowest BCUT2D eigenvalue weighted by Crippen LogP contribution is -2.47. The number of carbonyl (C=O) groups is 4. The van der Waals surface area contributed by atoms with Crippen LogP contribution in [-0.4, -0.2) is 46.9 Å². The Bertz CT molecular complexity index is 830. The summed E-state index contributed by atoms with van der Waals surface area (Å²) < 4.78 is 5.18. The van der Waals surface area contributed by atoms with Crippen molar-refractivity contribution in [3.05, 3.63) is 29.3 Å². The van der Waals surface area contributed by atoms with Gasteiger partial charge in [0.1, 0.15) is 12.1 Å². The van der Waals surface area contributed by atoms with E-state index in [2.05, 4.69) is 10.6 Å². The fourth-order valence-corrected chi connectivity index (χ4v) is 3.66. The van der Waals surface area contributed by atoms with Gasteiger partial charge >= 0.3 is 12.0 Å². The summed E-state index contributed by atoms with van der Waals surface area (Å²) in [7, 11) is 0. The highest BCUT2D eigenvalue weighted by Gasteiger charge is 2.50. The highest BCUT2D eigenvalue weighted by atomic mass is 16.5. The first-order chi connectivity index (χ1) is 14.1. The molecule has 30 heavy (non-hydrogen) atoms. The molecule has 1 heterocycles. The fraction of sp³-hybridized carbons (Fsp3) is 0.545. The van der Waals surface area contributed by atoms with Gasteiger partial charge in [-0.3, -0.25) is 19.3 Å². The van der Waals surface area contributed by atoms with Crippen LogP contribution in [0.15, 0.2) is 18.2 Å². The van der Waals surface area contributed by atoms with Crippen LogP contribution in [0.3, 0.4) is 0 Å². The first kappa shape index (κ1) is 23.4. The second kappa shape index (κ2) is 9.73. The van der Waals surface area contributed by atoms with E-state index in [0.29, 0.717) is 18.5 Å². The minimum atomic E-state index is -1.07. The Balaban J connectivity index is 1.99. The van der Waals surface area contributed by atoms with Crippen molar-refractivity contribution in [3.8, 4) is 0 Å². The van der Waals surface area contributed by atoms with Gasteiger partial charge in [0, 0.05) is 5.69 Å². The van der Waals surface area contributed by atoms with Crippen LogP contribution >= 0.6 is 0 Å². The number of anilines is 1. The predicted molar refractivity (Wildman–Crippen MR) is 113 cm³/mol. The summed E-state index contributed by atoms with van der Waals surface area (Å²) in [4.78, 5) is 50.8. The van der Waals surface area contributed by atoms with Crippen LogP contribution in [0, 0.1) is 13.8 Å². The number of nitrogens with one attached hydrogen (secondary N) is 2. The minimum Gasteiger partial charge on any atom is -0.451 e. The molecule has 0 aromatic heterocycles. The molecule has 1 atom stereocenters. The molecule has 0 radical (unpaired) electrons. The number of hydrogen-bond acceptors (Lipinski definition) is 5. The summed E-state index contributed by atoms with van der Waals surface area (Å²) in [5.41, 5.74) is 1.55. The van der Waals surface area contributed by atoms with Gasteiger partial charge in [0.2, 0.25) is 0 Å². The topological polar surface area (TPSA) is 105 Å². The van der Waals surface area contributed by atoms with Crippen LogP contribution in [0.2, 0.25) is 0 Å². The lowest BCUT2D eigenvalue weighted by atomic mass is 9.88. The van der Waals surface area contributed by atoms with Gasteiger partial charge in [0.05, 0.1) is 0 Å². The number of esters is 1. The zero-order valence-corrected chi connectivity index (χ0v) is 18.3. The molecule has 4 amide bonds. The Labute approximate surface area is 177 Å². The van der Waals surface area contributed by atoms with Crippen LogP contribution < -0.4 is 10.6 Å². The van der Waals surface area contributed by atoms with E-state index in [-0.39, 0.29) is 0 Å². The van der Waals surface area contributed by atoms with Gasteiger partial charge in [-0.25, -0.2) is 4.79 Å². The van der Waals surface area contributed by atoms with Crippen molar-refractivity contribution in [2.75, 3.05) is 11.9 Å². The van der Waals surface area contributed by atoms with Crippen LogP contribution in [0.1, 0.15) is 57.6 Å². The van der Waals surface area contributed by atoms with Crippen molar-refractivity contribution >= 4 is 29.5 Å². The second-order valence-corrected chi connectivity index (χ2v) is 7.84. The SMILES string of the molecule is CCCC1(CCC)NC(=O)N(CC(=O)O[C@@H](C)C(=O)Nc2cc(C)ccc2C)C1=O. The van der Waals surface area contributed by atoms with Gasteiger partial charge < -0.3 is 15.4 Å². The van der Waals surface area contributed by atoms with E-state index < -0.39 is 42.0 Å². The van der Waals surface area contributed by atoms with Crippen LogP contribution in [0.5, 0.6) is 0 Å². The molecular weight excluding hydrogens is 386 g/mol. The lowest BCUT2D eigenvalue weighted by molar-refractivity contribution is -0.155. The number of aryl methyl sites for hydroxylation is 2. The van der Waals surface area contributed by atoms with E-state index in [0.717, 1.165) is 28.9 Å². The zero-order valence-electron chi connectivity index (χ0n) is 18.3. The summed E-state index contributed by atoms with van der Waals surface area (Å²) in [6, 6.07) is 5.05. The Morgan fingerprint density at radius 1 is 1.17 bits per heavy atom. The van der Waals surface area contributed by atoms with Crippen molar-refractivity contribution in [1.29, 1.82) is 0 Å². The van der Waals surface area contributed by atoms with Gasteiger partial charge in [-0.1, -0.05) is 38.8 Å². The van der Waals surface area contributed by atoms with E-state index >= 15 is 0 Å². The number of amides is 4. The molecule has 0 bridgehead atoms. The second-order valence-electron chi connectivity index (χ2n) is 7.84. The monoisotopic (exact) mass is 417 g/mol. The number of benzene rings is 1. The summed E-state index contributed by atoms with van der Waals surface area (Å²) in [5.74, 6) is -1.72. The average molecular weight is 418 g/mol. The Hall–Kier alpha value is -2.90. The molecule has 1 fully saturated rings. The normalized spacial score (nSPS) is 16.2. The Kier molecular flexibility index (Phi) is 7.59. The molecule has 0 spiro atoms. The molecule has 8 nitrogen and oxygen atoms in total. The molecule has 1 aromatic carbocycles. The third-order valence-corrected chi connectivity index (χ3v) is 5.22. The smallest absolute Gasteiger partial charge is 0.327 e. The van der Waals surface area contributed by atoms with Gasteiger partial charge in [0.15, 0.2) is 6.10 Å². The van der Waals surface area contributed by atoms with Gasteiger partial charge in [0.25, 0.3) is 11.8 Å². The van der Waals surface area contributed by atoms with E-state index in [1.807, 2.05) is 45.9 Å². The number of rotatable bonds is 9. The maximum absolute atomic E-state index is 12.8. The van der Waals surface area contributed by atoms with Crippen molar-refractivity contribution in [2.24, 2.45) is 0 Å². The maximum Gasteiger partial charge on any atom is 0.327 e. The Morgan fingerprint density at radius 3 is 2.40 bits per heavy atom. The first-order valence-corrected chi connectivity index (χ1v) is 10.3. The van der Waals surface area contributed by atoms with Gasteiger partial charge in [-0.05, 0) is 50.8 Å². The van der Waals surface area contributed by atoms with Crippen LogP contribution in [0.25, 0.3) is 0 Å². The average Bonchev–Trinajstić information content (AvgIpc) is 2.89. The molecule has 0 saturated carbocycles. The lowest BCUT2D eigenvalue weighted by Gasteiger charge is -2.25. The number of imide groups is 1. The number of nitrogens with zero attached hydrogens (tertiary/aromatic N) is 1. The van der Waals surface area contributed by atoms with Gasteiger partial charge in [-0.15, -0.1) is 0 Å². The number of urea groups is 1. The summed E-state index contributed by atoms with van der Waals surface area (Å²) >= 11 is 0. The highest BCUT2D eigenvalue weighted by molar-refractivity contribution is 6.08. The molecule has 164 valence electrons. The molecule has 1 saturated heterocycles. The molecule has 1 aliphatic heterocycles. The van der Waals surface area contributed by atoms with Crippen molar-refractivity contribution in [2.45, 2.75) is 71.9 Å². The fourth-order valence-electron chi connectivity index (χ4n) is 3.66. The summed E-state index contributed by atoms with van der Waals surface area (Å²) in [5, 5.41) is 5.48. The third kappa shape index (κ3) is 5.17. The highest BCUT2D eigenvalue weighted by Crippen LogP contribution is 2.28. The Morgan fingerprint density at radius 2 is 1.80 bits per heavy atom. The van der Waals surface area contributed by atoms with E-state index in [1.165, 1.54) is 6.92 Å². The predicted octanol–water partition coefficient (Wildman–Crippen LogP) is 3.06. The van der Waals surface area contributed by atoms with Crippen molar-refractivity contribution < 1.29 is 23.9 Å². The largest absolute Gasteiger partial charge is 0.451 e. The van der Waals surface area contributed by atoms with Crippen molar-refractivity contribution in [1.82, 2.24) is 10.2 Å². The molecule has 0 unspecified atom stereocenters. The first-order valence-electron chi connectivity index (χ1n) is 10.3. The third-order valence-electron chi connectivity index (χ3n) is 5.22. The van der Waals surface area contributed by atoms with Crippen LogP contribution in [0.4, 0.5) is 10.5 Å². The maximum atomic E-state index is 12.8. The molecule has 1 aromatic rings. The number of hydrogen-bond donors (Lipinski definition) is 2. The zero-order chi connectivity index (χ0) is 22.5. The quantitative estimate of drug-likeness (QED) is 0.475. The van der Waals surface area contributed by atoms with E-state index in [4.69, 9.17) is 4.74 Å². The molecule has 8 heteroatoms. The van der Waals surface area contributed by atoms with Crippen molar-refractivity contribution in [3.63, 3.8) is 0 Å². The molecule has 1 aliphatic rings. The summed E-state index contributed by atoms with van der Waals surface area (Å²) in [6.07, 6.45) is 1.38. The van der Waals surface area contributed by atoms with E-state index in [1.54, 1.807) is 0 Å². The summed E-state index contributed by atoms with van der Waals surface area (Å²) in [6.45, 7) is 8.56. The molecule has 2 rings (SSSR count). The number of ether oxygens (including phenoxy) is 1.